The molecule has 0 saturated carbocycles. The predicted octanol–water partition coefficient (Wildman–Crippen LogP) is 3.90. The fourth-order valence-electron chi connectivity index (χ4n) is 4.17. The Hall–Kier alpha value is -3.39. The lowest BCUT2D eigenvalue weighted by Crippen LogP contribution is -2.35. The molecule has 0 aliphatic heterocycles. The molecule has 1 aromatic carbocycles. The van der Waals surface area contributed by atoms with Crippen molar-refractivity contribution >= 4 is 34.1 Å². The van der Waals surface area contributed by atoms with Gasteiger partial charge >= 0.3 is 0 Å². The van der Waals surface area contributed by atoms with Crippen molar-refractivity contribution in [2.45, 2.75) is 39.2 Å². The molecule has 0 radical (unpaired) electrons. The summed E-state index contributed by atoms with van der Waals surface area (Å²) in [5, 5.41) is 1.48. The Bertz CT molecular complexity index is 1320. The summed E-state index contributed by atoms with van der Waals surface area (Å²) in [4.78, 5) is 32.0. The number of carbonyl (C=O) groups excluding carboxylic acids is 1. The molecule has 2 N–H and O–H groups in total. The summed E-state index contributed by atoms with van der Waals surface area (Å²) in [5.41, 5.74) is 8.01. The van der Waals surface area contributed by atoms with Gasteiger partial charge in [0.1, 0.15) is 5.00 Å². The molecule has 1 amide bonds. The fraction of sp³-hybridized carbons (Fsp3) is 0.261. The van der Waals surface area contributed by atoms with E-state index in [2.05, 4.69) is 15.8 Å². The molecule has 8 heteroatoms. The van der Waals surface area contributed by atoms with Gasteiger partial charge in [0.05, 0.1) is 16.5 Å². The number of hydrogen-bond donors (Lipinski definition) is 2. The highest BCUT2D eigenvalue weighted by atomic mass is 32.1. The van der Waals surface area contributed by atoms with Crippen LogP contribution in [0.5, 0.6) is 0 Å². The maximum Gasteiger partial charge on any atom is 0.273 e. The summed E-state index contributed by atoms with van der Waals surface area (Å²) in [5.74, 6) is 0.110. The molecule has 31 heavy (non-hydrogen) atoms. The van der Waals surface area contributed by atoms with Crippen LogP contribution in [0.2, 0.25) is 0 Å². The van der Waals surface area contributed by atoms with E-state index in [9.17, 15) is 9.59 Å². The molecule has 0 saturated heterocycles. The lowest BCUT2D eigenvalue weighted by Gasteiger charge is -2.16. The fourth-order valence-corrected chi connectivity index (χ4v) is 5.52. The van der Waals surface area contributed by atoms with Crippen LogP contribution in [0.4, 0.5) is 5.95 Å². The number of amides is 1. The van der Waals surface area contributed by atoms with Crippen LogP contribution in [0.3, 0.4) is 0 Å². The molecule has 158 valence electrons. The van der Waals surface area contributed by atoms with Crippen LogP contribution in [-0.4, -0.2) is 20.0 Å². The van der Waals surface area contributed by atoms with E-state index in [1.165, 1.54) is 9.44 Å². The zero-order valence-electron chi connectivity index (χ0n) is 17.2. The number of nitrogens with zero attached hydrogens (tertiary/aromatic N) is 3. The highest BCUT2D eigenvalue weighted by Gasteiger charge is 2.26. The average Bonchev–Trinajstić information content (AvgIpc) is 3.45. The van der Waals surface area contributed by atoms with Gasteiger partial charge in [-0.3, -0.25) is 25.0 Å². The second-order valence-electron chi connectivity index (χ2n) is 7.56. The predicted molar refractivity (Wildman–Crippen MR) is 123 cm³/mol. The first-order valence-corrected chi connectivity index (χ1v) is 11.3. The van der Waals surface area contributed by atoms with Crippen molar-refractivity contribution in [1.82, 2.24) is 19.5 Å². The standard InChI is InChI=1S/C23H23N5O2S/c1-2-28-21(30)15-9-3-5-11-17(15)24-23(28)26-25-20(29)19-16-10-4-6-12-18(16)31-22(19)27-13-7-8-14-27/h3,5,7-9,11,13-14H,2,4,6,10,12H2,1H3,(H,24,26)(H,25,29). The first kappa shape index (κ1) is 19.6. The van der Waals surface area contributed by atoms with Crippen LogP contribution in [0.25, 0.3) is 15.9 Å². The topological polar surface area (TPSA) is 81.0 Å². The lowest BCUT2D eigenvalue weighted by molar-refractivity contribution is 0.0961. The Morgan fingerprint density at radius 1 is 1.13 bits per heavy atom. The molecule has 0 unspecified atom stereocenters. The molecule has 3 heterocycles. The van der Waals surface area contributed by atoms with Crippen LogP contribution in [0, 0.1) is 0 Å². The quantitative estimate of drug-likeness (QED) is 0.468. The minimum Gasteiger partial charge on any atom is -0.315 e. The monoisotopic (exact) mass is 433 g/mol. The van der Waals surface area contributed by atoms with E-state index in [-0.39, 0.29) is 11.5 Å². The number of hydrazine groups is 1. The minimum absolute atomic E-state index is 0.134. The van der Waals surface area contributed by atoms with Gasteiger partial charge < -0.3 is 4.57 Å². The normalized spacial score (nSPS) is 13.2. The molecule has 1 aliphatic carbocycles. The third kappa shape index (κ3) is 3.42. The molecule has 4 aromatic rings. The molecule has 3 aromatic heterocycles. The van der Waals surface area contributed by atoms with Gasteiger partial charge in [-0.1, -0.05) is 12.1 Å². The zero-order valence-corrected chi connectivity index (χ0v) is 18.0. The number of aromatic nitrogens is 3. The van der Waals surface area contributed by atoms with E-state index in [1.54, 1.807) is 23.5 Å². The summed E-state index contributed by atoms with van der Waals surface area (Å²) in [7, 11) is 0. The Labute approximate surface area is 183 Å². The van der Waals surface area contributed by atoms with Gasteiger partial charge in [0.2, 0.25) is 5.95 Å². The number of thiophene rings is 1. The van der Waals surface area contributed by atoms with Crippen LogP contribution >= 0.6 is 11.3 Å². The smallest absolute Gasteiger partial charge is 0.273 e. The molecular formula is C23H23N5O2S. The number of aryl methyl sites for hydroxylation is 1. The van der Waals surface area contributed by atoms with Crippen molar-refractivity contribution in [2.24, 2.45) is 0 Å². The van der Waals surface area contributed by atoms with E-state index in [0.29, 0.717) is 29.0 Å². The number of carbonyl (C=O) groups is 1. The largest absolute Gasteiger partial charge is 0.315 e. The number of benzene rings is 1. The van der Waals surface area contributed by atoms with Crippen LogP contribution < -0.4 is 16.4 Å². The highest BCUT2D eigenvalue weighted by Crippen LogP contribution is 2.36. The van der Waals surface area contributed by atoms with Crippen molar-refractivity contribution in [1.29, 1.82) is 0 Å². The first-order valence-electron chi connectivity index (χ1n) is 10.5. The highest BCUT2D eigenvalue weighted by molar-refractivity contribution is 7.15. The van der Waals surface area contributed by atoms with Crippen LogP contribution in [0.15, 0.2) is 53.6 Å². The third-order valence-electron chi connectivity index (χ3n) is 5.68. The molecule has 7 nitrogen and oxygen atoms in total. The Balaban J connectivity index is 1.50. The second kappa shape index (κ2) is 8.03. The van der Waals surface area contributed by atoms with E-state index < -0.39 is 0 Å². The Morgan fingerprint density at radius 2 is 1.90 bits per heavy atom. The van der Waals surface area contributed by atoms with Crippen molar-refractivity contribution in [3.63, 3.8) is 0 Å². The van der Waals surface area contributed by atoms with Crippen molar-refractivity contribution in [3.05, 3.63) is 75.1 Å². The summed E-state index contributed by atoms with van der Waals surface area (Å²) in [6.07, 6.45) is 8.08. The van der Waals surface area contributed by atoms with Gasteiger partial charge in [-0.15, -0.1) is 11.3 Å². The Morgan fingerprint density at radius 3 is 2.71 bits per heavy atom. The van der Waals surface area contributed by atoms with Crippen LogP contribution in [-0.2, 0) is 19.4 Å². The maximum absolute atomic E-state index is 13.3. The second-order valence-corrected chi connectivity index (χ2v) is 8.65. The molecule has 0 spiro atoms. The minimum atomic E-state index is -0.215. The van der Waals surface area contributed by atoms with Crippen molar-refractivity contribution in [2.75, 3.05) is 5.43 Å². The zero-order chi connectivity index (χ0) is 21.4. The number of anilines is 1. The average molecular weight is 434 g/mol. The molecular weight excluding hydrogens is 410 g/mol. The van der Waals surface area contributed by atoms with Crippen molar-refractivity contribution in [3.8, 4) is 5.00 Å². The number of rotatable bonds is 5. The number of para-hydroxylation sites is 1. The van der Waals surface area contributed by atoms with Crippen LogP contribution in [0.1, 0.15) is 40.6 Å². The van der Waals surface area contributed by atoms with Gasteiger partial charge in [-0.25, -0.2) is 4.98 Å². The lowest BCUT2D eigenvalue weighted by atomic mass is 9.95. The number of fused-ring (bicyclic) bond motifs is 2. The van der Waals surface area contributed by atoms with E-state index in [1.807, 2.05) is 48.1 Å². The molecule has 0 bridgehead atoms. The summed E-state index contributed by atoms with van der Waals surface area (Å²) in [6.45, 7) is 2.32. The van der Waals surface area contributed by atoms with E-state index in [0.717, 1.165) is 36.2 Å². The van der Waals surface area contributed by atoms with E-state index >= 15 is 0 Å². The molecule has 0 atom stereocenters. The summed E-state index contributed by atoms with van der Waals surface area (Å²) in [6, 6.07) is 11.1. The number of hydrogen-bond acceptors (Lipinski definition) is 5. The Kier molecular flexibility index (Phi) is 5.07. The molecule has 5 rings (SSSR count). The van der Waals surface area contributed by atoms with Gasteiger partial charge in [-0.05, 0) is 62.4 Å². The van der Waals surface area contributed by atoms with E-state index in [4.69, 9.17) is 0 Å². The van der Waals surface area contributed by atoms with Gasteiger partial charge in [0.25, 0.3) is 11.5 Å². The number of nitrogens with one attached hydrogen (secondary N) is 2. The summed E-state index contributed by atoms with van der Waals surface area (Å²) >= 11 is 1.69. The third-order valence-corrected chi connectivity index (χ3v) is 6.99. The maximum atomic E-state index is 13.3. The SMILES string of the molecule is CCn1c(NNC(=O)c2c(-n3cccc3)sc3c2CCCC3)nc2ccccc2c1=O. The summed E-state index contributed by atoms with van der Waals surface area (Å²) < 4.78 is 3.52. The first-order chi connectivity index (χ1) is 15.2. The molecule has 1 aliphatic rings. The van der Waals surface area contributed by atoms with Gasteiger partial charge in [0.15, 0.2) is 0 Å². The molecule has 0 fully saturated rings. The van der Waals surface area contributed by atoms with Crippen molar-refractivity contribution < 1.29 is 4.79 Å². The van der Waals surface area contributed by atoms with Gasteiger partial charge in [0, 0.05) is 23.8 Å². The van der Waals surface area contributed by atoms with Gasteiger partial charge in [-0.2, -0.15) is 0 Å².